The quantitative estimate of drug-likeness (QED) is 0.499. The van der Waals surface area contributed by atoms with Crippen molar-refractivity contribution in [3.8, 4) is 0 Å². The molecule has 0 aliphatic carbocycles. The lowest BCUT2D eigenvalue weighted by Gasteiger charge is -2.17. The Balaban J connectivity index is 2.70. The number of nitro groups is 1. The van der Waals surface area contributed by atoms with Gasteiger partial charge in [-0.1, -0.05) is 20.8 Å². The van der Waals surface area contributed by atoms with E-state index in [4.69, 9.17) is 0 Å². The molecule has 1 aromatic rings. The summed E-state index contributed by atoms with van der Waals surface area (Å²) in [5.74, 6) is 1.19. The second kappa shape index (κ2) is 6.18. The Morgan fingerprint density at radius 2 is 2.06 bits per heavy atom. The van der Waals surface area contributed by atoms with Crippen LogP contribution in [0.1, 0.15) is 20.8 Å². The van der Waals surface area contributed by atoms with Gasteiger partial charge in [0.2, 0.25) is 0 Å². The number of non-ortho nitro benzene ring substituents is 1. The molecule has 0 heterocycles. The highest BCUT2D eigenvalue weighted by molar-refractivity contribution is 14.1. The minimum absolute atomic E-state index is 0.136. The molecule has 0 aliphatic heterocycles. The fraction of sp³-hybridized carbons (Fsp3) is 0.500. The van der Waals surface area contributed by atoms with Gasteiger partial charge in [0.05, 0.1) is 4.92 Å². The third-order valence-electron chi connectivity index (χ3n) is 2.92. The van der Waals surface area contributed by atoms with E-state index in [1.165, 1.54) is 6.07 Å². The van der Waals surface area contributed by atoms with Gasteiger partial charge in [-0.3, -0.25) is 10.1 Å². The van der Waals surface area contributed by atoms with Gasteiger partial charge in [0, 0.05) is 27.9 Å². The number of anilines is 1. The molecule has 0 aromatic heterocycles. The molecule has 0 fully saturated rings. The predicted octanol–water partition coefficient (Wildman–Crippen LogP) is 3.90. The Morgan fingerprint density at radius 1 is 1.41 bits per heavy atom. The molecule has 0 saturated carbocycles. The van der Waals surface area contributed by atoms with E-state index in [0.717, 1.165) is 15.8 Å². The van der Waals surface area contributed by atoms with Crippen LogP contribution in [-0.2, 0) is 0 Å². The van der Waals surface area contributed by atoms with Crippen LogP contribution in [0.25, 0.3) is 0 Å². The zero-order valence-corrected chi connectivity index (χ0v) is 12.4. The van der Waals surface area contributed by atoms with Crippen LogP contribution in [0.2, 0.25) is 0 Å². The molecule has 0 spiro atoms. The molecule has 5 heteroatoms. The van der Waals surface area contributed by atoms with Crippen molar-refractivity contribution in [1.29, 1.82) is 0 Å². The van der Waals surface area contributed by atoms with Crippen molar-refractivity contribution < 1.29 is 4.92 Å². The van der Waals surface area contributed by atoms with E-state index in [1.54, 1.807) is 12.1 Å². The van der Waals surface area contributed by atoms with E-state index in [9.17, 15) is 10.1 Å². The van der Waals surface area contributed by atoms with Crippen LogP contribution in [0.5, 0.6) is 0 Å². The zero-order chi connectivity index (χ0) is 13.0. The Hall–Kier alpha value is -0.850. The first kappa shape index (κ1) is 14.2. The van der Waals surface area contributed by atoms with Gasteiger partial charge >= 0.3 is 0 Å². The normalized spacial score (nSPS) is 12.5. The van der Waals surface area contributed by atoms with Crippen molar-refractivity contribution >= 4 is 34.0 Å². The molecule has 1 aromatic carbocycles. The fourth-order valence-electron chi connectivity index (χ4n) is 1.27. The van der Waals surface area contributed by atoms with Crippen LogP contribution >= 0.6 is 22.6 Å². The van der Waals surface area contributed by atoms with Crippen molar-refractivity contribution in [3.05, 3.63) is 31.9 Å². The molecule has 17 heavy (non-hydrogen) atoms. The van der Waals surface area contributed by atoms with E-state index in [2.05, 4.69) is 48.7 Å². The SMILES string of the molecule is CC(C)C(C)CNc1ccc([N+](=O)[O-])cc1I. The molecule has 4 nitrogen and oxygen atoms in total. The number of rotatable bonds is 5. The topological polar surface area (TPSA) is 55.2 Å². The maximum atomic E-state index is 10.6. The Labute approximate surface area is 115 Å². The van der Waals surface area contributed by atoms with Gasteiger partial charge in [-0.25, -0.2) is 0 Å². The average molecular weight is 348 g/mol. The van der Waals surface area contributed by atoms with E-state index >= 15 is 0 Å². The molecule has 1 N–H and O–H groups in total. The summed E-state index contributed by atoms with van der Waals surface area (Å²) in [6.45, 7) is 7.45. The summed E-state index contributed by atoms with van der Waals surface area (Å²) >= 11 is 2.12. The fourth-order valence-corrected chi connectivity index (χ4v) is 1.96. The summed E-state index contributed by atoms with van der Waals surface area (Å²) in [4.78, 5) is 10.2. The Bertz CT molecular complexity index is 407. The number of hydrogen-bond donors (Lipinski definition) is 1. The van der Waals surface area contributed by atoms with E-state index < -0.39 is 0 Å². The summed E-state index contributed by atoms with van der Waals surface area (Å²) in [7, 11) is 0. The molecule has 1 atom stereocenters. The summed E-state index contributed by atoms with van der Waals surface area (Å²) in [5.41, 5.74) is 1.10. The molecule has 94 valence electrons. The monoisotopic (exact) mass is 348 g/mol. The van der Waals surface area contributed by atoms with Gasteiger partial charge in [-0.15, -0.1) is 0 Å². The summed E-state index contributed by atoms with van der Waals surface area (Å²) in [6, 6.07) is 4.89. The molecular weight excluding hydrogens is 331 g/mol. The third-order valence-corrected chi connectivity index (χ3v) is 3.81. The van der Waals surface area contributed by atoms with Gasteiger partial charge in [0.15, 0.2) is 0 Å². The predicted molar refractivity (Wildman–Crippen MR) is 78.3 cm³/mol. The Morgan fingerprint density at radius 3 is 2.53 bits per heavy atom. The van der Waals surface area contributed by atoms with Crippen LogP contribution in [0.4, 0.5) is 11.4 Å². The van der Waals surface area contributed by atoms with E-state index in [-0.39, 0.29) is 10.6 Å². The number of nitrogens with zero attached hydrogens (tertiary/aromatic N) is 1. The summed E-state index contributed by atoms with van der Waals surface area (Å²) < 4.78 is 0.882. The van der Waals surface area contributed by atoms with Crippen molar-refractivity contribution in [2.24, 2.45) is 11.8 Å². The van der Waals surface area contributed by atoms with Crippen molar-refractivity contribution in [2.45, 2.75) is 20.8 Å². The smallest absolute Gasteiger partial charge is 0.270 e. The first-order chi connectivity index (χ1) is 7.91. The minimum Gasteiger partial charge on any atom is -0.384 e. The molecule has 0 saturated heterocycles. The maximum Gasteiger partial charge on any atom is 0.270 e. The van der Waals surface area contributed by atoms with Crippen LogP contribution in [0.15, 0.2) is 18.2 Å². The van der Waals surface area contributed by atoms with Gasteiger partial charge in [0.1, 0.15) is 0 Å². The van der Waals surface area contributed by atoms with Crippen LogP contribution in [0, 0.1) is 25.5 Å². The highest BCUT2D eigenvalue weighted by Gasteiger charge is 2.11. The first-order valence-corrected chi connectivity index (χ1v) is 6.67. The van der Waals surface area contributed by atoms with Crippen molar-refractivity contribution in [2.75, 3.05) is 11.9 Å². The highest BCUT2D eigenvalue weighted by atomic mass is 127. The lowest BCUT2D eigenvalue weighted by atomic mass is 9.98. The molecule has 0 aliphatic rings. The van der Waals surface area contributed by atoms with Crippen molar-refractivity contribution in [3.63, 3.8) is 0 Å². The number of nitrogens with one attached hydrogen (secondary N) is 1. The van der Waals surface area contributed by atoms with Crippen molar-refractivity contribution in [1.82, 2.24) is 0 Å². The molecular formula is C12H17IN2O2. The van der Waals surface area contributed by atoms with E-state index in [0.29, 0.717) is 11.8 Å². The molecule has 0 radical (unpaired) electrons. The van der Waals surface area contributed by atoms with Gasteiger partial charge < -0.3 is 5.32 Å². The largest absolute Gasteiger partial charge is 0.384 e. The second-order valence-corrected chi connectivity index (χ2v) is 5.69. The van der Waals surface area contributed by atoms with Gasteiger partial charge in [-0.2, -0.15) is 0 Å². The lowest BCUT2D eigenvalue weighted by Crippen LogP contribution is -2.16. The molecule has 1 unspecified atom stereocenters. The third kappa shape index (κ3) is 4.14. The van der Waals surface area contributed by atoms with E-state index in [1.807, 2.05) is 0 Å². The summed E-state index contributed by atoms with van der Waals surface area (Å²) in [6.07, 6.45) is 0. The zero-order valence-electron chi connectivity index (χ0n) is 10.2. The Kier molecular flexibility index (Phi) is 5.17. The van der Waals surface area contributed by atoms with Crippen LogP contribution < -0.4 is 5.32 Å². The molecule has 0 bridgehead atoms. The van der Waals surface area contributed by atoms with Gasteiger partial charge in [-0.05, 0) is 40.5 Å². The summed E-state index contributed by atoms with van der Waals surface area (Å²) in [5, 5.41) is 13.9. The van der Waals surface area contributed by atoms with Gasteiger partial charge in [0.25, 0.3) is 5.69 Å². The number of nitro benzene ring substituents is 1. The standard InChI is InChI=1S/C12H17IN2O2/c1-8(2)9(3)7-14-12-5-4-10(15(16)17)6-11(12)13/h4-6,8-9,14H,7H2,1-3H3. The molecule has 1 rings (SSSR count). The van der Waals surface area contributed by atoms with Crippen LogP contribution in [0.3, 0.4) is 0 Å². The minimum atomic E-state index is -0.372. The van der Waals surface area contributed by atoms with Crippen LogP contribution in [-0.4, -0.2) is 11.5 Å². The first-order valence-electron chi connectivity index (χ1n) is 5.59. The molecule has 0 amide bonds. The average Bonchev–Trinajstić information content (AvgIpc) is 2.26. The number of hydrogen-bond acceptors (Lipinski definition) is 3. The number of halogens is 1. The lowest BCUT2D eigenvalue weighted by molar-refractivity contribution is -0.384. The number of benzene rings is 1. The second-order valence-electron chi connectivity index (χ2n) is 4.52. The maximum absolute atomic E-state index is 10.6. The highest BCUT2D eigenvalue weighted by Crippen LogP contribution is 2.24.